The average molecular weight is 394 g/mol. The number of hydrogen-bond acceptors (Lipinski definition) is 5. The summed E-state index contributed by atoms with van der Waals surface area (Å²) in [6.45, 7) is 7.35. The van der Waals surface area contributed by atoms with Crippen LogP contribution < -0.4 is 5.32 Å². The summed E-state index contributed by atoms with van der Waals surface area (Å²) in [5, 5.41) is 3.47. The van der Waals surface area contributed by atoms with Gasteiger partial charge in [-0.25, -0.2) is 8.42 Å². The molecule has 2 aromatic rings. The second-order valence-electron chi connectivity index (χ2n) is 6.65. The van der Waals surface area contributed by atoms with Crippen molar-refractivity contribution in [3.8, 4) is 0 Å². The maximum Gasteiger partial charge on any atom is 0.287 e. The topological polar surface area (TPSA) is 88.9 Å². The van der Waals surface area contributed by atoms with E-state index in [0.717, 1.165) is 19.4 Å². The maximum absolute atomic E-state index is 12.7. The predicted octanol–water partition coefficient (Wildman–Crippen LogP) is 2.68. The van der Waals surface area contributed by atoms with Gasteiger partial charge < -0.3 is 14.5 Å². The zero-order valence-corrected chi connectivity index (χ0v) is 16.8. The summed E-state index contributed by atoms with van der Waals surface area (Å²) >= 11 is 0. The molecule has 1 aliphatic rings. The van der Waals surface area contributed by atoms with Crippen LogP contribution in [-0.2, 0) is 14.8 Å². The van der Waals surface area contributed by atoms with Crippen LogP contribution in [0.25, 0.3) is 11.0 Å². The zero-order chi connectivity index (χ0) is 19.6. The second kappa shape index (κ2) is 8.00. The van der Waals surface area contributed by atoms with E-state index >= 15 is 0 Å². The fourth-order valence-electron chi connectivity index (χ4n) is 3.38. The van der Waals surface area contributed by atoms with E-state index < -0.39 is 10.0 Å². The number of carbonyl (C=O) groups is 1. The minimum absolute atomic E-state index is 0.0458. The number of sulfonamides is 1. The number of benzene rings is 1. The van der Waals surface area contributed by atoms with Gasteiger partial charge in [-0.3, -0.25) is 4.79 Å². The standard InChI is InChI=1S/C19H26N2O5S/c1-4-21(5-2)27(23,24)15-8-9-17-16(11-15)13(3)18(26-17)19(22)20-12-14-7-6-10-25-14/h8-9,11,14H,4-7,10,12H2,1-3H3,(H,20,22). The highest BCUT2D eigenvalue weighted by atomic mass is 32.2. The second-order valence-corrected chi connectivity index (χ2v) is 8.59. The molecular formula is C19H26N2O5S. The third kappa shape index (κ3) is 3.88. The summed E-state index contributed by atoms with van der Waals surface area (Å²) in [4.78, 5) is 12.7. The van der Waals surface area contributed by atoms with Crippen molar-refractivity contribution < 1.29 is 22.4 Å². The maximum atomic E-state index is 12.7. The van der Waals surface area contributed by atoms with Gasteiger partial charge in [0.2, 0.25) is 10.0 Å². The minimum atomic E-state index is -3.57. The first-order chi connectivity index (χ1) is 12.9. The van der Waals surface area contributed by atoms with E-state index in [1.54, 1.807) is 32.9 Å². The lowest BCUT2D eigenvalue weighted by Gasteiger charge is -2.18. The number of nitrogens with one attached hydrogen (secondary N) is 1. The highest BCUT2D eigenvalue weighted by Gasteiger charge is 2.25. The van der Waals surface area contributed by atoms with E-state index in [1.165, 1.54) is 10.4 Å². The number of amides is 1. The summed E-state index contributed by atoms with van der Waals surface area (Å²) in [7, 11) is -3.57. The van der Waals surface area contributed by atoms with Gasteiger partial charge in [0.05, 0.1) is 11.0 Å². The summed E-state index contributed by atoms with van der Waals surface area (Å²) in [6, 6.07) is 4.71. The predicted molar refractivity (Wildman–Crippen MR) is 102 cm³/mol. The molecule has 148 valence electrons. The fourth-order valence-corrected chi connectivity index (χ4v) is 4.87. The van der Waals surface area contributed by atoms with Crippen LogP contribution in [0.4, 0.5) is 0 Å². The molecule has 0 bridgehead atoms. The summed E-state index contributed by atoms with van der Waals surface area (Å²) in [5.74, 6) is -0.104. The summed E-state index contributed by atoms with van der Waals surface area (Å²) in [5.41, 5.74) is 1.12. The van der Waals surface area contributed by atoms with Crippen LogP contribution in [0.2, 0.25) is 0 Å². The Balaban J connectivity index is 1.87. The molecule has 1 aromatic heterocycles. The molecule has 1 N–H and O–H groups in total. The smallest absolute Gasteiger partial charge is 0.287 e. The molecular weight excluding hydrogens is 368 g/mol. The monoisotopic (exact) mass is 394 g/mol. The van der Waals surface area contributed by atoms with Gasteiger partial charge in [-0.15, -0.1) is 0 Å². The molecule has 0 aliphatic carbocycles. The molecule has 8 heteroatoms. The number of hydrogen-bond donors (Lipinski definition) is 1. The first-order valence-electron chi connectivity index (χ1n) is 9.31. The molecule has 1 amide bonds. The number of ether oxygens (including phenoxy) is 1. The number of rotatable bonds is 7. The highest BCUT2D eigenvalue weighted by Crippen LogP contribution is 2.29. The van der Waals surface area contributed by atoms with Crippen molar-refractivity contribution in [2.75, 3.05) is 26.2 Å². The van der Waals surface area contributed by atoms with E-state index in [2.05, 4.69) is 5.32 Å². The van der Waals surface area contributed by atoms with Crippen LogP contribution in [0.1, 0.15) is 42.8 Å². The molecule has 2 heterocycles. The first-order valence-corrected chi connectivity index (χ1v) is 10.8. The van der Waals surface area contributed by atoms with Crippen LogP contribution >= 0.6 is 0 Å². The normalized spacial score (nSPS) is 17.7. The zero-order valence-electron chi connectivity index (χ0n) is 15.9. The molecule has 1 aliphatic heterocycles. The summed E-state index contributed by atoms with van der Waals surface area (Å²) in [6.07, 6.45) is 1.99. The SMILES string of the molecule is CCN(CC)S(=O)(=O)c1ccc2oc(C(=O)NCC3CCCO3)c(C)c2c1. The van der Waals surface area contributed by atoms with Crippen LogP contribution in [0.3, 0.4) is 0 Å². The highest BCUT2D eigenvalue weighted by molar-refractivity contribution is 7.89. The molecule has 1 unspecified atom stereocenters. The van der Waals surface area contributed by atoms with Crippen molar-refractivity contribution in [2.45, 2.75) is 44.6 Å². The van der Waals surface area contributed by atoms with Gasteiger partial charge in [-0.05, 0) is 38.0 Å². The summed E-state index contributed by atoms with van der Waals surface area (Å²) < 4.78 is 38.1. The molecule has 3 rings (SSSR count). The van der Waals surface area contributed by atoms with Gasteiger partial charge in [0.25, 0.3) is 5.91 Å². The van der Waals surface area contributed by atoms with Gasteiger partial charge >= 0.3 is 0 Å². The minimum Gasteiger partial charge on any atom is -0.451 e. The molecule has 27 heavy (non-hydrogen) atoms. The van der Waals surface area contributed by atoms with E-state index in [9.17, 15) is 13.2 Å². The van der Waals surface area contributed by atoms with Gasteiger partial charge in [0.15, 0.2) is 5.76 Å². The Morgan fingerprint density at radius 3 is 2.67 bits per heavy atom. The number of carbonyl (C=O) groups excluding carboxylic acids is 1. The number of nitrogens with zero attached hydrogens (tertiary/aromatic N) is 1. The molecule has 1 aromatic carbocycles. The number of aryl methyl sites for hydroxylation is 1. The van der Waals surface area contributed by atoms with Crippen molar-refractivity contribution in [3.63, 3.8) is 0 Å². The molecule has 0 saturated carbocycles. The molecule has 0 radical (unpaired) electrons. The lowest BCUT2D eigenvalue weighted by molar-refractivity contribution is 0.0836. The lowest BCUT2D eigenvalue weighted by atomic mass is 10.1. The van der Waals surface area contributed by atoms with Crippen molar-refractivity contribution in [1.82, 2.24) is 9.62 Å². The largest absolute Gasteiger partial charge is 0.451 e. The van der Waals surface area contributed by atoms with Gasteiger partial charge in [0.1, 0.15) is 5.58 Å². The third-order valence-electron chi connectivity index (χ3n) is 4.97. The molecule has 1 atom stereocenters. The van der Waals surface area contributed by atoms with Gasteiger partial charge in [-0.2, -0.15) is 4.31 Å². The molecule has 7 nitrogen and oxygen atoms in total. The fraction of sp³-hybridized carbons (Fsp3) is 0.526. The lowest BCUT2D eigenvalue weighted by Crippen LogP contribution is -2.31. The van der Waals surface area contributed by atoms with E-state index in [-0.39, 0.29) is 22.7 Å². The van der Waals surface area contributed by atoms with Crippen LogP contribution in [0.15, 0.2) is 27.5 Å². The van der Waals surface area contributed by atoms with Crippen molar-refractivity contribution in [3.05, 3.63) is 29.5 Å². The Bertz CT molecular complexity index is 925. The molecule has 1 fully saturated rings. The first kappa shape index (κ1) is 19.9. The molecule has 1 saturated heterocycles. The van der Waals surface area contributed by atoms with Crippen molar-refractivity contribution in [2.24, 2.45) is 0 Å². The number of fused-ring (bicyclic) bond motifs is 1. The van der Waals surface area contributed by atoms with Crippen LogP contribution in [0.5, 0.6) is 0 Å². The van der Waals surface area contributed by atoms with Crippen LogP contribution in [-0.4, -0.2) is 51.0 Å². The Labute approximate surface area is 159 Å². The average Bonchev–Trinajstić information content (AvgIpc) is 3.28. The van der Waals surface area contributed by atoms with Gasteiger partial charge in [0, 0.05) is 37.2 Å². The van der Waals surface area contributed by atoms with Crippen molar-refractivity contribution in [1.29, 1.82) is 0 Å². The Morgan fingerprint density at radius 2 is 2.04 bits per heavy atom. The van der Waals surface area contributed by atoms with E-state index in [4.69, 9.17) is 9.15 Å². The Hall–Kier alpha value is -1.90. The third-order valence-corrected chi connectivity index (χ3v) is 7.02. The Morgan fingerprint density at radius 1 is 1.30 bits per heavy atom. The Kier molecular flexibility index (Phi) is 5.88. The van der Waals surface area contributed by atoms with Gasteiger partial charge in [-0.1, -0.05) is 13.8 Å². The van der Waals surface area contributed by atoms with Crippen LogP contribution in [0, 0.1) is 6.92 Å². The quantitative estimate of drug-likeness (QED) is 0.780. The van der Waals surface area contributed by atoms with Crippen molar-refractivity contribution >= 4 is 26.9 Å². The number of furan rings is 1. The molecule has 0 spiro atoms. The van der Waals surface area contributed by atoms with E-state index in [0.29, 0.717) is 36.2 Å². The van der Waals surface area contributed by atoms with E-state index in [1.807, 2.05) is 0 Å².